The van der Waals surface area contributed by atoms with Gasteiger partial charge in [0.1, 0.15) is 11.5 Å². The van der Waals surface area contributed by atoms with Crippen LogP contribution in [0.3, 0.4) is 0 Å². The fraction of sp³-hybridized carbons (Fsp3) is 0.148. The topological polar surface area (TPSA) is 79.7 Å². The number of ketones is 1. The van der Waals surface area contributed by atoms with Crippen molar-refractivity contribution in [3.05, 3.63) is 94.1 Å². The minimum atomic E-state index is -1.06. The number of amides is 1. The van der Waals surface area contributed by atoms with Crippen molar-refractivity contribution in [2.24, 2.45) is 0 Å². The fourth-order valence-corrected chi connectivity index (χ4v) is 5.37. The maximum Gasteiger partial charge on any atom is 0.301 e. The lowest BCUT2D eigenvalue weighted by Crippen LogP contribution is -2.29. The molecule has 5 rings (SSSR count). The number of hydrogen-bond donors (Lipinski definition) is 1. The van der Waals surface area contributed by atoms with E-state index in [1.54, 1.807) is 37.3 Å². The van der Waals surface area contributed by atoms with Crippen molar-refractivity contribution in [1.29, 1.82) is 0 Å². The third-order valence-corrected chi connectivity index (χ3v) is 7.13. The molecule has 9 heteroatoms. The van der Waals surface area contributed by atoms with Crippen LogP contribution in [0.2, 0.25) is 0 Å². The number of halogens is 2. The number of methoxy groups -OCH3 is 1. The highest BCUT2D eigenvalue weighted by Crippen LogP contribution is 2.45. The van der Waals surface area contributed by atoms with Crippen molar-refractivity contribution in [2.75, 3.05) is 12.0 Å². The molecular weight excluding hydrogens is 486 g/mol. The van der Waals surface area contributed by atoms with Crippen LogP contribution in [0.4, 0.5) is 13.9 Å². The van der Waals surface area contributed by atoms with Crippen LogP contribution in [0.25, 0.3) is 16.0 Å². The molecule has 1 aliphatic rings. The average Bonchev–Trinajstić information content (AvgIpc) is 3.36. The van der Waals surface area contributed by atoms with Crippen LogP contribution in [0.1, 0.15) is 28.3 Å². The van der Waals surface area contributed by atoms with Gasteiger partial charge in [-0.25, -0.2) is 13.8 Å². The van der Waals surface area contributed by atoms with Crippen molar-refractivity contribution < 1.29 is 28.2 Å². The second-order valence-corrected chi connectivity index (χ2v) is 9.50. The molecule has 1 unspecified atom stereocenters. The number of aliphatic hydroxyl groups excluding tert-OH is 1. The molecule has 1 amide bonds. The van der Waals surface area contributed by atoms with E-state index in [0.717, 1.165) is 29.0 Å². The van der Waals surface area contributed by atoms with Crippen LogP contribution >= 0.6 is 11.3 Å². The minimum Gasteiger partial charge on any atom is -0.507 e. The summed E-state index contributed by atoms with van der Waals surface area (Å²) >= 11 is 0.958. The number of Topliss-reactive ketones (excluding diaryl/α,β-unsaturated/α-hetero) is 1. The van der Waals surface area contributed by atoms with E-state index in [2.05, 4.69) is 4.98 Å². The number of nitrogens with zero attached hydrogens (tertiary/aromatic N) is 2. The predicted molar refractivity (Wildman–Crippen MR) is 133 cm³/mol. The number of benzene rings is 3. The zero-order valence-electron chi connectivity index (χ0n) is 19.5. The van der Waals surface area contributed by atoms with Gasteiger partial charge in [0.2, 0.25) is 0 Å². The van der Waals surface area contributed by atoms with E-state index in [-0.39, 0.29) is 22.0 Å². The number of carbonyl (C=O) groups is 2. The molecule has 0 saturated carbocycles. The summed E-state index contributed by atoms with van der Waals surface area (Å²) in [7, 11) is 1.52. The van der Waals surface area contributed by atoms with Crippen LogP contribution in [0, 0.1) is 25.5 Å². The van der Waals surface area contributed by atoms with Gasteiger partial charge >= 0.3 is 5.91 Å². The standard InChI is InChI=1S/C27H20F2N2O4S/c1-13-5-4-6-15(9-13)23-22(24(32)17-8-7-16(35-3)10-14(17)2)25(33)26(34)31(23)27-30-20-11-18(28)19(29)12-21(20)36-27/h4-12,23,32H,1-3H3/b24-22+. The SMILES string of the molecule is COc1ccc(/C(O)=C2\C(=O)C(=O)N(c3nc4cc(F)c(F)cc4s3)C2c2cccc(C)c2)c(C)c1. The van der Waals surface area contributed by atoms with Crippen molar-refractivity contribution in [2.45, 2.75) is 19.9 Å². The third kappa shape index (κ3) is 3.81. The smallest absolute Gasteiger partial charge is 0.301 e. The molecule has 6 nitrogen and oxygen atoms in total. The molecule has 1 saturated heterocycles. The third-order valence-electron chi connectivity index (χ3n) is 6.12. The summed E-state index contributed by atoms with van der Waals surface area (Å²) in [5.41, 5.74) is 2.54. The zero-order chi connectivity index (χ0) is 25.7. The molecule has 1 aromatic heterocycles. The highest BCUT2D eigenvalue weighted by molar-refractivity contribution is 7.22. The number of aliphatic hydroxyl groups is 1. The molecule has 0 aliphatic carbocycles. The number of aryl methyl sites for hydroxylation is 2. The lowest BCUT2D eigenvalue weighted by Gasteiger charge is -2.23. The van der Waals surface area contributed by atoms with Crippen LogP contribution in [-0.2, 0) is 9.59 Å². The highest BCUT2D eigenvalue weighted by Gasteiger charge is 2.48. The molecule has 0 radical (unpaired) electrons. The van der Waals surface area contributed by atoms with E-state index in [1.165, 1.54) is 12.0 Å². The van der Waals surface area contributed by atoms with Crippen LogP contribution in [0.15, 0.2) is 60.2 Å². The van der Waals surface area contributed by atoms with Crippen molar-refractivity contribution in [1.82, 2.24) is 4.98 Å². The molecule has 1 N–H and O–H groups in total. The van der Waals surface area contributed by atoms with Crippen molar-refractivity contribution in [3.8, 4) is 5.75 Å². The molecule has 1 atom stereocenters. The number of ether oxygens (including phenoxy) is 1. The van der Waals surface area contributed by atoms with Gasteiger partial charge in [-0.3, -0.25) is 14.5 Å². The summed E-state index contributed by atoms with van der Waals surface area (Å²) in [6, 6.07) is 13.1. The molecule has 0 bridgehead atoms. The number of hydrogen-bond acceptors (Lipinski definition) is 6. The molecule has 0 spiro atoms. The normalized spacial score (nSPS) is 17.2. The molecule has 1 fully saturated rings. The quantitative estimate of drug-likeness (QED) is 0.214. The Morgan fingerprint density at radius 3 is 2.50 bits per heavy atom. The number of anilines is 1. The van der Waals surface area contributed by atoms with Gasteiger partial charge in [-0.15, -0.1) is 0 Å². The lowest BCUT2D eigenvalue weighted by molar-refractivity contribution is -0.132. The van der Waals surface area contributed by atoms with Gasteiger partial charge in [0.05, 0.1) is 28.9 Å². The minimum absolute atomic E-state index is 0.0918. The van der Waals surface area contributed by atoms with Gasteiger partial charge in [-0.05, 0) is 49.2 Å². The highest BCUT2D eigenvalue weighted by atomic mass is 32.1. The maximum atomic E-state index is 13.8. The Bertz CT molecular complexity index is 1560. The number of aromatic nitrogens is 1. The second kappa shape index (κ2) is 8.83. The summed E-state index contributed by atoms with van der Waals surface area (Å²) in [5.74, 6) is -3.63. The molecule has 2 heterocycles. The Morgan fingerprint density at radius 2 is 1.81 bits per heavy atom. The molecule has 182 valence electrons. The molecule has 4 aromatic rings. The summed E-state index contributed by atoms with van der Waals surface area (Å²) < 4.78 is 33.2. The summed E-state index contributed by atoms with van der Waals surface area (Å²) in [6.45, 7) is 3.62. The average molecular weight is 507 g/mol. The summed E-state index contributed by atoms with van der Waals surface area (Å²) in [6.07, 6.45) is 0. The second-order valence-electron chi connectivity index (χ2n) is 8.49. The molecule has 36 heavy (non-hydrogen) atoms. The molecular formula is C27H20F2N2O4S. The van der Waals surface area contributed by atoms with Gasteiger partial charge < -0.3 is 9.84 Å². The lowest BCUT2D eigenvalue weighted by atomic mass is 9.93. The predicted octanol–water partition coefficient (Wildman–Crippen LogP) is 5.83. The van der Waals surface area contributed by atoms with E-state index in [9.17, 15) is 23.5 Å². The first-order valence-electron chi connectivity index (χ1n) is 11.0. The van der Waals surface area contributed by atoms with Gasteiger partial charge in [0, 0.05) is 11.6 Å². The largest absolute Gasteiger partial charge is 0.507 e. The fourth-order valence-electron chi connectivity index (χ4n) is 4.37. The van der Waals surface area contributed by atoms with E-state index < -0.39 is 29.4 Å². The van der Waals surface area contributed by atoms with E-state index >= 15 is 0 Å². The number of carbonyl (C=O) groups excluding carboxylic acids is 2. The summed E-state index contributed by atoms with van der Waals surface area (Å²) in [5, 5.41) is 11.4. The number of thiazole rings is 1. The number of rotatable bonds is 4. The van der Waals surface area contributed by atoms with Gasteiger partial charge in [0.15, 0.2) is 16.8 Å². The Hall–Kier alpha value is -4.11. The first-order chi connectivity index (χ1) is 17.2. The Balaban J connectivity index is 1.74. The number of fused-ring (bicyclic) bond motifs is 1. The van der Waals surface area contributed by atoms with Gasteiger partial charge in [-0.2, -0.15) is 0 Å². The van der Waals surface area contributed by atoms with E-state index in [4.69, 9.17) is 4.74 Å². The van der Waals surface area contributed by atoms with E-state index in [0.29, 0.717) is 27.1 Å². The van der Waals surface area contributed by atoms with Crippen LogP contribution < -0.4 is 9.64 Å². The zero-order valence-corrected chi connectivity index (χ0v) is 20.3. The monoisotopic (exact) mass is 506 g/mol. The first-order valence-corrected chi connectivity index (χ1v) is 11.8. The van der Waals surface area contributed by atoms with Crippen LogP contribution in [0.5, 0.6) is 5.75 Å². The Labute approximate surface area is 209 Å². The molecule has 3 aromatic carbocycles. The Kier molecular flexibility index (Phi) is 5.80. The first kappa shape index (κ1) is 23.6. The van der Waals surface area contributed by atoms with Crippen LogP contribution in [-0.4, -0.2) is 28.9 Å². The summed E-state index contributed by atoms with van der Waals surface area (Å²) in [4.78, 5) is 32.2. The van der Waals surface area contributed by atoms with Gasteiger partial charge in [0.25, 0.3) is 5.78 Å². The van der Waals surface area contributed by atoms with Crippen molar-refractivity contribution >= 4 is 44.1 Å². The van der Waals surface area contributed by atoms with Crippen molar-refractivity contribution in [3.63, 3.8) is 0 Å². The maximum absolute atomic E-state index is 13.8. The van der Waals surface area contributed by atoms with E-state index in [1.807, 2.05) is 19.1 Å². The molecule has 1 aliphatic heterocycles. The Morgan fingerprint density at radius 1 is 1.06 bits per heavy atom. The van der Waals surface area contributed by atoms with Gasteiger partial charge in [-0.1, -0.05) is 41.2 Å².